The molecule has 0 aromatic heterocycles. The van der Waals surface area contributed by atoms with E-state index in [-0.39, 0.29) is 0 Å². The third-order valence-corrected chi connectivity index (χ3v) is 5.22. The zero-order valence-electron chi connectivity index (χ0n) is 14.4. The Morgan fingerprint density at radius 1 is 1.26 bits per heavy atom. The monoisotopic (exact) mass is 317 g/mol. The van der Waals surface area contributed by atoms with E-state index in [0.717, 1.165) is 12.8 Å². The molecule has 128 valence electrons. The van der Waals surface area contributed by atoms with Gasteiger partial charge in [-0.1, -0.05) is 63.3 Å². The van der Waals surface area contributed by atoms with Gasteiger partial charge >= 0.3 is 5.97 Å². The molecular formula is C20H31NO2. The van der Waals surface area contributed by atoms with Crippen LogP contribution in [0.25, 0.3) is 0 Å². The standard InChI is InChI=1S/C20H31NO2/c1-2-3-4-5-6-7-9-16-10-8-11-17(14-16)18-12-13-20(21,15-18)19(22)23/h8,10-11,14,18H,2-7,9,12-13,15,21H2,1H3,(H,22,23)/t18-,20?/m0/s1. The number of nitrogens with two attached hydrogens (primary N) is 1. The van der Waals surface area contributed by atoms with Crippen molar-refractivity contribution in [3.8, 4) is 0 Å². The molecule has 2 atom stereocenters. The molecule has 0 amide bonds. The van der Waals surface area contributed by atoms with Crippen LogP contribution in [-0.4, -0.2) is 16.6 Å². The molecule has 3 heteroatoms. The minimum atomic E-state index is -1.03. The van der Waals surface area contributed by atoms with Crippen molar-refractivity contribution in [2.75, 3.05) is 0 Å². The molecule has 2 rings (SSSR count). The van der Waals surface area contributed by atoms with Gasteiger partial charge in [0.15, 0.2) is 0 Å². The highest BCUT2D eigenvalue weighted by molar-refractivity contribution is 5.79. The van der Waals surface area contributed by atoms with Gasteiger partial charge in [-0.05, 0) is 49.1 Å². The first kappa shape index (κ1) is 18.0. The zero-order valence-corrected chi connectivity index (χ0v) is 14.4. The number of hydrogen-bond donors (Lipinski definition) is 2. The molecule has 0 heterocycles. The number of carboxylic acid groups (broad SMARTS) is 1. The number of rotatable bonds is 9. The van der Waals surface area contributed by atoms with Crippen LogP contribution in [0, 0.1) is 0 Å². The lowest BCUT2D eigenvalue weighted by Gasteiger charge is -2.18. The van der Waals surface area contributed by atoms with Gasteiger partial charge in [0.1, 0.15) is 5.54 Å². The topological polar surface area (TPSA) is 63.3 Å². The lowest BCUT2D eigenvalue weighted by molar-refractivity contribution is -0.143. The van der Waals surface area contributed by atoms with Crippen LogP contribution >= 0.6 is 0 Å². The largest absolute Gasteiger partial charge is 0.480 e. The molecule has 1 aromatic rings. The summed E-state index contributed by atoms with van der Waals surface area (Å²) < 4.78 is 0. The molecule has 0 bridgehead atoms. The summed E-state index contributed by atoms with van der Waals surface area (Å²) in [6.07, 6.45) is 11.0. The van der Waals surface area contributed by atoms with Crippen molar-refractivity contribution in [2.24, 2.45) is 5.73 Å². The maximum absolute atomic E-state index is 11.3. The fourth-order valence-corrected chi connectivity index (χ4v) is 3.67. The molecule has 0 spiro atoms. The Morgan fingerprint density at radius 2 is 2.00 bits per heavy atom. The van der Waals surface area contributed by atoms with E-state index in [1.54, 1.807) is 0 Å². The van der Waals surface area contributed by atoms with Gasteiger partial charge in [-0.15, -0.1) is 0 Å². The summed E-state index contributed by atoms with van der Waals surface area (Å²) in [5.41, 5.74) is 7.62. The van der Waals surface area contributed by atoms with Crippen molar-refractivity contribution in [1.82, 2.24) is 0 Å². The van der Waals surface area contributed by atoms with Crippen LogP contribution in [0.3, 0.4) is 0 Å². The summed E-state index contributed by atoms with van der Waals surface area (Å²) in [5, 5.41) is 9.27. The summed E-state index contributed by atoms with van der Waals surface area (Å²) >= 11 is 0. The molecule has 1 aromatic carbocycles. The molecule has 1 unspecified atom stereocenters. The van der Waals surface area contributed by atoms with E-state index in [2.05, 4.69) is 31.2 Å². The second-order valence-corrected chi connectivity index (χ2v) is 7.16. The van der Waals surface area contributed by atoms with Crippen molar-refractivity contribution in [3.63, 3.8) is 0 Å². The van der Waals surface area contributed by atoms with E-state index in [4.69, 9.17) is 5.73 Å². The van der Waals surface area contributed by atoms with Crippen LogP contribution < -0.4 is 5.73 Å². The minimum Gasteiger partial charge on any atom is -0.480 e. The van der Waals surface area contributed by atoms with Crippen LogP contribution in [0.2, 0.25) is 0 Å². The van der Waals surface area contributed by atoms with Gasteiger partial charge in [0.2, 0.25) is 0 Å². The lowest BCUT2D eigenvalue weighted by Crippen LogP contribution is -2.45. The maximum atomic E-state index is 11.3. The first-order valence-corrected chi connectivity index (χ1v) is 9.16. The Labute approximate surface area is 140 Å². The average Bonchev–Trinajstić information content (AvgIpc) is 2.95. The fourth-order valence-electron chi connectivity index (χ4n) is 3.67. The van der Waals surface area contributed by atoms with E-state index in [9.17, 15) is 9.90 Å². The summed E-state index contributed by atoms with van der Waals surface area (Å²) in [5.74, 6) is -0.566. The lowest BCUT2D eigenvalue weighted by atomic mass is 9.91. The first-order chi connectivity index (χ1) is 11.0. The molecular weight excluding hydrogens is 286 g/mol. The number of unbranched alkanes of at least 4 members (excludes halogenated alkanes) is 5. The number of benzene rings is 1. The second kappa shape index (κ2) is 8.49. The molecule has 23 heavy (non-hydrogen) atoms. The van der Waals surface area contributed by atoms with Crippen molar-refractivity contribution in [3.05, 3.63) is 35.4 Å². The van der Waals surface area contributed by atoms with E-state index in [1.165, 1.54) is 49.7 Å². The maximum Gasteiger partial charge on any atom is 0.323 e. The molecule has 1 fully saturated rings. The molecule has 3 N–H and O–H groups in total. The Bertz CT molecular complexity index is 514. The minimum absolute atomic E-state index is 0.292. The highest BCUT2D eigenvalue weighted by Crippen LogP contribution is 2.40. The number of hydrogen-bond acceptors (Lipinski definition) is 2. The Kier molecular flexibility index (Phi) is 6.64. The van der Waals surface area contributed by atoms with Crippen molar-refractivity contribution >= 4 is 5.97 Å². The van der Waals surface area contributed by atoms with Crippen LogP contribution in [0.15, 0.2) is 24.3 Å². The highest BCUT2D eigenvalue weighted by Gasteiger charge is 2.42. The van der Waals surface area contributed by atoms with Gasteiger partial charge in [-0.3, -0.25) is 4.79 Å². The van der Waals surface area contributed by atoms with E-state index < -0.39 is 11.5 Å². The van der Waals surface area contributed by atoms with E-state index in [1.807, 2.05) is 0 Å². The van der Waals surface area contributed by atoms with Crippen molar-refractivity contribution in [1.29, 1.82) is 0 Å². The van der Waals surface area contributed by atoms with Crippen molar-refractivity contribution in [2.45, 2.75) is 82.6 Å². The van der Waals surface area contributed by atoms with Crippen LogP contribution in [0.4, 0.5) is 0 Å². The number of carboxylic acids is 1. The highest BCUT2D eigenvalue weighted by atomic mass is 16.4. The third-order valence-electron chi connectivity index (χ3n) is 5.22. The molecule has 1 aliphatic carbocycles. The number of aliphatic carboxylic acids is 1. The first-order valence-electron chi connectivity index (χ1n) is 9.16. The molecule has 1 saturated carbocycles. The summed E-state index contributed by atoms with van der Waals surface area (Å²) in [6, 6.07) is 8.70. The quantitative estimate of drug-likeness (QED) is 0.652. The smallest absolute Gasteiger partial charge is 0.323 e. The van der Waals surface area contributed by atoms with Crippen LogP contribution in [0.5, 0.6) is 0 Å². The van der Waals surface area contributed by atoms with Gasteiger partial charge in [0.25, 0.3) is 0 Å². The molecule has 0 aliphatic heterocycles. The SMILES string of the molecule is CCCCCCCCc1cccc([C@H]2CCC(N)(C(=O)O)C2)c1. The van der Waals surface area contributed by atoms with Gasteiger partial charge in [-0.2, -0.15) is 0 Å². The summed E-state index contributed by atoms with van der Waals surface area (Å²) in [4.78, 5) is 11.3. The number of carbonyl (C=O) groups is 1. The predicted molar refractivity (Wildman–Crippen MR) is 94.7 cm³/mol. The van der Waals surface area contributed by atoms with Gasteiger partial charge < -0.3 is 10.8 Å². The second-order valence-electron chi connectivity index (χ2n) is 7.16. The number of aryl methyl sites for hydroxylation is 1. The van der Waals surface area contributed by atoms with Gasteiger partial charge in [0.05, 0.1) is 0 Å². The summed E-state index contributed by atoms with van der Waals surface area (Å²) in [6.45, 7) is 2.24. The molecule has 0 saturated heterocycles. The Morgan fingerprint density at radius 3 is 2.70 bits per heavy atom. The average molecular weight is 317 g/mol. The fraction of sp³-hybridized carbons (Fsp3) is 0.650. The van der Waals surface area contributed by atoms with Crippen LogP contribution in [-0.2, 0) is 11.2 Å². The Balaban J connectivity index is 1.84. The van der Waals surface area contributed by atoms with E-state index in [0.29, 0.717) is 18.8 Å². The normalized spacial score (nSPS) is 24.0. The van der Waals surface area contributed by atoms with Crippen LogP contribution in [0.1, 0.15) is 81.8 Å². The molecule has 1 aliphatic rings. The molecule has 3 nitrogen and oxygen atoms in total. The summed E-state index contributed by atoms with van der Waals surface area (Å²) in [7, 11) is 0. The zero-order chi connectivity index (χ0) is 16.7. The predicted octanol–water partition coefficient (Wildman–Crippen LogP) is 4.64. The van der Waals surface area contributed by atoms with E-state index >= 15 is 0 Å². The van der Waals surface area contributed by atoms with Gasteiger partial charge in [-0.25, -0.2) is 0 Å². The Hall–Kier alpha value is -1.35. The molecule has 0 radical (unpaired) electrons. The van der Waals surface area contributed by atoms with Gasteiger partial charge in [0, 0.05) is 0 Å². The van der Waals surface area contributed by atoms with Crippen molar-refractivity contribution < 1.29 is 9.90 Å². The third kappa shape index (κ3) is 5.07.